The van der Waals surface area contributed by atoms with E-state index in [1.54, 1.807) is 11.3 Å². The van der Waals surface area contributed by atoms with Crippen molar-refractivity contribution >= 4 is 29.1 Å². The molecule has 2 atom stereocenters. The van der Waals surface area contributed by atoms with Crippen LogP contribution in [0.25, 0.3) is 11.3 Å². The molecule has 1 saturated carbocycles. The van der Waals surface area contributed by atoms with Crippen LogP contribution in [0.1, 0.15) is 24.3 Å². The van der Waals surface area contributed by atoms with Crippen molar-refractivity contribution in [2.45, 2.75) is 37.1 Å². The molecular weight excluding hydrogens is 336 g/mol. The molecule has 24 heavy (non-hydrogen) atoms. The summed E-state index contributed by atoms with van der Waals surface area (Å²) < 4.78 is 0. The molecule has 0 amide bonds. The molecule has 2 N–H and O–H groups in total. The van der Waals surface area contributed by atoms with E-state index in [0.29, 0.717) is 12.6 Å². The van der Waals surface area contributed by atoms with Gasteiger partial charge in [-0.2, -0.15) is 11.8 Å². The molecule has 2 aromatic rings. The zero-order chi connectivity index (χ0) is 16.8. The molecule has 4 nitrogen and oxygen atoms in total. The van der Waals surface area contributed by atoms with Crippen molar-refractivity contribution in [3.63, 3.8) is 0 Å². The molecule has 0 saturated heterocycles. The quantitative estimate of drug-likeness (QED) is 0.630. The van der Waals surface area contributed by atoms with E-state index in [-0.39, 0.29) is 0 Å². The lowest BCUT2D eigenvalue weighted by molar-refractivity contribution is 0.614. The zero-order valence-electron chi connectivity index (χ0n) is 14.2. The van der Waals surface area contributed by atoms with Crippen LogP contribution in [0.5, 0.6) is 0 Å². The lowest BCUT2D eigenvalue weighted by Crippen LogP contribution is -2.42. The second kappa shape index (κ2) is 8.53. The summed E-state index contributed by atoms with van der Waals surface area (Å²) in [6.07, 6.45) is 5.94. The summed E-state index contributed by atoms with van der Waals surface area (Å²) in [5.74, 6) is 0.873. The molecule has 0 spiro atoms. The Bertz CT molecular complexity index is 669. The third kappa shape index (κ3) is 4.51. The maximum atomic E-state index is 4.71. The smallest absolute Gasteiger partial charge is 0.191 e. The summed E-state index contributed by atoms with van der Waals surface area (Å²) in [6.45, 7) is 0.704. The first-order valence-corrected chi connectivity index (χ1v) is 10.4. The van der Waals surface area contributed by atoms with Gasteiger partial charge in [-0.3, -0.25) is 4.99 Å². The van der Waals surface area contributed by atoms with E-state index < -0.39 is 0 Å². The summed E-state index contributed by atoms with van der Waals surface area (Å²) in [7, 11) is 1.83. The fraction of sp³-hybridized carbons (Fsp3) is 0.444. The Morgan fingerprint density at radius 2 is 2.17 bits per heavy atom. The average Bonchev–Trinajstić information content (AvgIpc) is 3.28. The molecule has 0 aliphatic heterocycles. The zero-order valence-corrected chi connectivity index (χ0v) is 15.8. The number of aliphatic imine (C=N–C) groups is 1. The standard InChI is InChI=1S/C18H24N4S2/c1-19-18(21-14-8-9-15(10-14)23-2)20-11-17-22-16(12-24-17)13-6-4-3-5-7-13/h3-7,12,14-15H,8-11H2,1-2H3,(H2,19,20,21). The molecule has 3 rings (SSSR count). The van der Waals surface area contributed by atoms with Gasteiger partial charge in [-0.25, -0.2) is 4.98 Å². The third-order valence-electron chi connectivity index (χ3n) is 4.31. The van der Waals surface area contributed by atoms with E-state index >= 15 is 0 Å². The summed E-state index contributed by atoms with van der Waals surface area (Å²) >= 11 is 3.66. The van der Waals surface area contributed by atoms with E-state index in [1.807, 2.05) is 37.0 Å². The third-order valence-corrected chi connectivity index (χ3v) is 6.25. The minimum atomic E-state index is 0.532. The molecule has 2 unspecified atom stereocenters. The van der Waals surface area contributed by atoms with Crippen LogP contribution in [0, 0.1) is 0 Å². The van der Waals surface area contributed by atoms with Gasteiger partial charge in [0.1, 0.15) is 5.01 Å². The van der Waals surface area contributed by atoms with E-state index in [9.17, 15) is 0 Å². The summed E-state index contributed by atoms with van der Waals surface area (Å²) in [5.41, 5.74) is 2.20. The Hall–Kier alpha value is -1.53. The van der Waals surface area contributed by atoms with E-state index in [4.69, 9.17) is 4.98 Å². The molecule has 6 heteroatoms. The minimum absolute atomic E-state index is 0.532. The number of nitrogens with one attached hydrogen (secondary N) is 2. The molecule has 0 radical (unpaired) electrons. The number of thiazole rings is 1. The van der Waals surface area contributed by atoms with Crippen LogP contribution in [-0.2, 0) is 6.54 Å². The molecule has 1 aliphatic carbocycles. The Labute approximate surface area is 152 Å². The van der Waals surface area contributed by atoms with Gasteiger partial charge in [-0.05, 0) is 25.5 Å². The van der Waals surface area contributed by atoms with Gasteiger partial charge >= 0.3 is 0 Å². The van der Waals surface area contributed by atoms with Crippen molar-refractivity contribution in [2.24, 2.45) is 4.99 Å². The number of hydrogen-bond acceptors (Lipinski definition) is 4. The van der Waals surface area contributed by atoms with Crippen molar-refractivity contribution in [1.29, 1.82) is 0 Å². The Balaban J connectivity index is 1.52. The van der Waals surface area contributed by atoms with Crippen LogP contribution >= 0.6 is 23.1 Å². The average molecular weight is 361 g/mol. The largest absolute Gasteiger partial charge is 0.354 e. The molecule has 1 aliphatic rings. The fourth-order valence-electron chi connectivity index (χ4n) is 2.97. The van der Waals surface area contributed by atoms with E-state index in [1.165, 1.54) is 19.3 Å². The Morgan fingerprint density at radius 3 is 2.88 bits per heavy atom. The van der Waals surface area contributed by atoms with Crippen LogP contribution in [0.15, 0.2) is 40.7 Å². The SMILES string of the molecule is CN=C(NCc1nc(-c2ccccc2)cs1)NC1CCC(SC)C1. The van der Waals surface area contributed by atoms with Crippen LogP contribution in [0.3, 0.4) is 0 Å². The van der Waals surface area contributed by atoms with Gasteiger partial charge < -0.3 is 10.6 Å². The number of nitrogens with zero attached hydrogens (tertiary/aromatic N) is 2. The van der Waals surface area contributed by atoms with Crippen molar-refractivity contribution in [1.82, 2.24) is 15.6 Å². The van der Waals surface area contributed by atoms with Crippen molar-refractivity contribution in [3.8, 4) is 11.3 Å². The summed E-state index contributed by atoms with van der Waals surface area (Å²) in [6, 6.07) is 10.8. The molecule has 128 valence electrons. The first-order chi connectivity index (χ1) is 11.8. The fourth-order valence-corrected chi connectivity index (χ4v) is 4.51. The monoisotopic (exact) mass is 360 g/mol. The molecule has 1 heterocycles. The van der Waals surface area contributed by atoms with Crippen molar-refractivity contribution < 1.29 is 0 Å². The predicted octanol–water partition coefficient (Wildman–Crippen LogP) is 3.76. The van der Waals surface area contributed by atoms with Gasteiger partial charge in [0, 0.05) is 29.3 Å². The number of aromatic nitrogens is 1. The van der Waals surface area contributed by atoms with Gasteiger partial charge in [0.25, 0.3) is 0 Å². The van der Waals surface area contributed by atoms with Gasteiger partial charge in [-0.1, -0.05) is 30.3 Å². The van der Waals surface area contributed by atoms with Crippen molar-refractivity contribution in [3.05, 3.63) is 40.7 Å². The maximum absolute atomic E-state index is 4.71. The number of hydrogen-bond donors (Lipinski definition) is 2. The van der Waals surface area contributed by atoms with Crippen LogP contribution < -0.4 is 10.6 Å². The number of benzene rings is 1. The summed E-state index contributed by atoms with van der Waals surface area (Å²) in [4.78, 5) is 9.06. The highest BCUT2D eigenvalue weighted by Crippen LogP contribution is 2.28. The van der Waals surface area contributed by atoms with Gasteiger partial charge in [0.05, 0.1) is 12.2 Å². The first kappa shape index (κ1) is 17.3. The van der Waals surface area contributed by atoms with E-state index in [0.717, 1.165) is 27.5 Å². The second-order valence-corrected chi connectivity index (χ2v) is 8.01. The van der Waals surface area contributed by atoms with Gasteiger partial charge in [0.2, 0.25) is 0 Å². The lowest BCUT2D eigenvalue weighted by atomic mass is 10.2. The topological polar surface area (TPSA) is 49.3 Å². The highest BCUT2D eigenvalue weighted by atomic mass is 32.2. The highest BCUT2D eigenvalue weighted by Gasteiger charge is 2.24. The summed E-state index contributed by atoms with van der Waals surface area (Å²) in [5, 5.41) is 10.9. The lowest BCUT2D eigenvalue weighted by Gasteiger charge is -2.16. The number of rotatable bonds is 5. The van der Waals surface area contributed by atoms with Gasteiger partial charge in [-0.15, -0.1) is 11.3 Å². The maximum Gasteiger partial charge on any atom is 0.191 e. The Morgan fingerprint density at radius 1 is 1.33 bits per heavy atom. The predicted molar refractivity (Wildman–Crippen MR) is 106 cm³/mol. The van der Waals surface area contributed by atoms with Crippen LogP contribution in [-0.4, -0.2) is 35.5 Å². The highest BCUT2D eigenvalue weighted by molar-refractivity contribution is 7.99. The van der Waals surface area contributed by atoms with Crippen LogP contribution in [0.2, 0.25) is 0 Å². The Kier molecular flexibility index (Phi) is 6.15. The van der Waals surface area contributed by atoms with Crippen molar-refractivity contribution in [2.75, 3.05) is 13.3 Å². The van der Waals surface area contributed by atoms with Crippen LogP contribution in [0.4, 0.5) is 0 Å². The first-order valence-electron chi connectivity index (χ1n) is 8.28. The number of thioether (sulfide) groups is 1. The normalized spacial score (nSPS) is 21.0. The molecule has 0 bridgehead atoms. The van der Waals surface area contributed by atoms with E-state index in [2.05, 4.69) is 39.4 Å². The minimum Gasteiger partial charge on any atom is -0.354 e. The molecule has 1 aromatic heterocycles. The van der Waals surface area contributed by atoms with Gasteiger partial charge in [0.15, 0.2) is 5.96 Å². The second-order valence-electron chi connectivity index (χ2n) is 5.93. The molecule has 1 fully saturated rings. The molecule has 1 aromatic carbocycles. The number of guanidine groups is 1. The molecular formula is C18H24N4S2.